The number of benzene rings is 1. The number of rotatable bonds is 7. The second-order valence-corrected chi connectivity index (χ2v) is 5.77. The third-order valence-corrected chi connectivity index (χ3v) is 3.55. The van der Waals surface area contributed by atoms with Gasteiger partial charge in [0.1, 0.15) is 5.75 Å². The van der Waals surface area contributed by atoms with Gasteiger partial charge >= 0.3 is 5.97 Å². The zero-order chi connectivity index (χ0) is 14.5. The molecule has 0 fully saturated rings. The lowest BCUT2D eigenvalue weighted by atomic mass is 10.3. The molecule has 0 radical (unpaired) electrons. The van der Waals surface area contributed by atoms with E-state index in [1.807, 2.05) is 32.0 Å². The van der Waals surface area contributed by atoms with Crippen molar-refractivity contribution in [2.75, 3.05) is 11.9 Å². The number of carboxylic acid groups (broad SMARTS) is 1. The average Bonchev–Trinajstić information content (AvgIpc) is 2.75. The molecule has 0 aliphatic carbocycles. The fourth-order valence-corrected chi connectivity index (χ4v) is 2.68. The summed E-state index contributed by atoms with van der Waals surface area (Å²) in [5.74, 6) is 0.0696. The largest absolute Gasteiger partial charge is 0.491 e. The Hall–Kier alpha value is -1.82. The van der Waals surface area contributed by atoms with Crippen LogP contribution in [0.25, 0.3) is 10.2 Å². The van der Waals surface area contributed by atoms with Crippen LogP contribution >= 0.6 is 11.3 Å². The molecule has 5 nitrogen and oxygen atoms in total. The van der Waals surface area contributed by atoms with Gasteiger partial charge in [0.15, 0.2) is 5.13 Å². The van der Waals surface area contributed by atoms with Crippen LogP contribution in [-0.2, 0) is 4.79 Å². The van der Waals surface area contributed by atoms with Gasteiger partial charge in [-0.1, -0.05) is 11.3 Å². The molecule has 2 aromatic rings. The lowest BCUT2D eigenvalue weighted by Gasteiger charge is -2.08. The first-order valence-corrected chi connectivity index (χ1v) is 7.39. The second kappa shape index (κ2) is 6.56. The number of ether oxygens (including phenoxy) is 1. The molecule has 1 aromatic carbocycles. The van der Waals surface area contributed by atoms with Crippen LogP contribution in [0.3, 0.4) is 0 Å². The summed E-state index contributed by atoms with van der Waals surface area (Å²) in [5, 5.41) is 12.5. The second-order valence-electron chi connectivity index (χ2n) is 4.74. The maximum absolute atomic E-state index is 10.4. The van der Waals surface area contributed by atoms with E-state index >= 15 is 0 Å². The zero-order valence-electron chi connectivity index (χ0n) is 11.5. The summed E-state index contributed by atoms with van der Waals surface area (Å²) in [6, 6.07) is 5.83. The fourth-order valence-electron chi connectivity index (χ4n) is 1.76. The molecule has 2 rings (SSSR count). The molecule has 0 atom stereocenters. The molecule has 0 saturated carbocycles. The summed E-state index contributed by atoms with van der Waals surface area (Å²) in [6.45, 7) is 4.60. The number of aliphatic carboxylic acids is 1. The van der Waals surface area contributed by atoms with E-state index in [1.165, 1.54) is 0 Å². The summed E-state index contributed by atoms with van der Waals surface area (Å²) in [7, 11) is 0. The van der Waals surface area contributed by atoms with Crippen LogP contribution in [-0.4, -0.2) is 28.7 Å². The standard InChI is InChI=1S/C14H18N2O3S/c1-9(2)19-10-5-6-11-12(8-10)20-14(16-11)15-7-3-4-13(17)18/h5-6,8-9H,3-4,7H2,1-2H3,(H,15,16)(H,17,18). The molecule has 6 heteroatoms. The Labute approximate surface area is 121 Å². The number of carbonyl (C=O) groups is 1. The van der Waals surface area contributed by atoms with E-state index in [9.17, 15) is 4.79 Å². The van der Waals surface area contributed by atoms with Crippen LogP contribution in [0.4, 0.5) is 5.13 Å². The van der Waals surface area contributed by atoms with Crippen molar-refractivity contribution in [3.8, 4) is 5.75 Å². The van der Waals surface area contributed by atoms with Crippen LogP contribution in [0.15, 0.2) is 18.2 Å². The van der Waals surface area contributed by atoms with Gasteiger partial charge in [-0.2, -0.15) is 0 Å². The Morgan fingerprint density at radius 1 is 1.50 bits per heavy atom. The van der Waals surface area contributed by atoms with Gasteiger partial charge in [-0.25, -0.2) is 4.98 Å². The minimum Gasteiger partial charge on any atom is -0.491 e. The van der Waals surface area contributed by atoms with E-state index in [2.05, 4.69) is 10.3 Å². The van der Waals surface area contributed by atoms with E-state index in [-0.39, 0.29) is 12.5 Å². The molecule has 2 N–H and O–H groups in total. The molecule has 1 aromatic heterocycles. The van der Waals surface area contributed by atoms with Gasteiger partial charge in [-0.3, -0.25) is 4.79 Å². The summed E-state index contributed by atoms with van der Waals surface area (Å²) in [4.78, 5) is 14.9. The number of nitrogens with zero attached hydrogens (tertiary/aromatic N) is 1. The molecule has 20 heavy (non-hydrogen) atoms. The van der Waals surface area contributed by atoms with Crippen molar-refractivity contribution in [2.24, 2.45) is 0 Å². The molecule has 0 bridgehead atoms. The van der Waals surface area contributed by atoms with E-state index in [0.29, 0.717) is 13.0 Å². The fraction of sp³-hybridized carbons (Fsp3) is 0.429. The van der Waals surface area contributed by atoms with Crippen molar-refractivity contribution in [2.45, 2.75) is 32.8 Å². The van der Waals surface area contributed by atoms with E-state index in [0.717, 1.165) is 21.1 Å². The van der Waals surface area contributed by atoms with Crippen LogP contribution in [0, 0.1) is 0 Å². The number of thiazole rings is 1. The third-order valence-electron chi connectivity index (χ3n) is 2.58. The Morgan fingerprint density at radius 2 is 2.30 bits per heavy atom. The van der Waals surface area contributed by atoms with Crippen LogP contribution in [0.5, 0.6) is 5.75 Å². The van der Waals surface area contributed by atoms with Crippen molar-refractivity contribution in [1.29, 1.82) is 0 Å². The molecule has 0 aliphatic heterocycles. The monoisotopic (exact) mass is 294 g/mol. The van der Waals surface area contributed by atoms with Crippen LogP contribution in [0.2, 0.25) is 0 Å². The van der Waals surface area contributed by atoms with Gasteiger partial charge in [0.05, 0.1) is 16.3 Å². The molecule has 0 saturated heterocycles. The summed E-state index contributed by atoms with van der Waals surface area (Å²) >= 11 is 1.55. The van der Waals surface area contributed by atoms with E-state index in [1.54, 1.807) is 11.3 Å². The van der Waals surface area contributed by atoms with Crippen LogP contribution < -0.4 is 10.1 Å². The van der Waals surface area contributed by atoms with Gasteiger partial charge in [0.2, 0.25) is 0 Å². The van der Waals surface area contributed by atoms with E-state index < -0.39 is 5.97 Å². The number of hydrogen-bond donors (Lipinski definition) is 2. The van der Waals surface area contributed by atoms with Gasteiger partial charge in [-0.15, -0.1) is 0 Å². The van der Waals surface area contributed by atoms with Gasteiger partial charge in [-0.05, 0) is 38.5 Å². The van der Waals surface area contributed by atoms with Crippen LogP contribution in [0.1, 0.15) is 26.7 Å². The average molecular weight is 294 g/mol. The quantitative estimate of drug-likeness (QED) is 0.766. The predicted octanol–water partition coefficient (Wildman–Crippen LogP) is 3.36. The summed E-state index contributed by atoms with van der Waals surface area (Å²) in [6.07, 6.45) is 0.908. The van der Waals surface area contributed by atoms with Gasteiger partial charge < -0.3 is 15.2 Å². The number of nitrogens with one attached hydrogen (secondary N) is 1. The Morgan fingerprint density at radius 3 is 3.00 bits per heavy atom. The highest BCUT2D eigenvalue weighted by molar-refractivity contribution is 7.22. The molecule has 108 valence electrons. The normalized spacial score (nSPS) is 10.9. The third kappa shape index (κ3) is 4.09. The maximum atomic E-state index is 10.4. The highest BCUT2D eigenvalue weighted by Crippen LogP contribution is 2.29. The van der Waals surface area contributed by atoms with E-state index in [4.69, 9.17) is 9.84 Å². The highest BCUT2D eigenvalue weighted by atomic mass is 32.1. The predicted molar refractivity (Wildman–Crippen MR) is 80.7 cm³/mol. The Balaban J connectivity index is 1.99. The SMILES string of the molecule is CC(C)Oc1ccc2nc(NCCCC(=O)O)sc2c1. The minimum absolute atomic E-state index is 0.147. The first kappa shape index (κ1) is 14.6. The summed E-state index contributed by atoms with van der Waals surface area (Å²) in [5.41, 5.74) is 0.923. The molecular weight excluding hydrogens is 276 g/mol. The van der Waals surface area contributed by atoms with Crippen molar-refractivity contribution in [1.82, 2.24) is 4.98 Å². The highest BCUT2D eigenvalue weighted by Gasteiger charge is 2.06. The zero-order valence-corrected chi connectivity index (χ0v) is 12.4. The van der Waals surface area contributed by atoms with Gasteiger partial charge in [0.25, 0.3) is 0 Å². The van der Waals surface area contributed by atoms with Crippen molar-refractivity contribution in [3.05, 3.63) is 18.2 Å². The molecule has 0 spiro atoms. The molecular formula is C14H18N2O3S. The summed E-state index contributed by atoms with van der Waals surface area (Å²) < 4.78 is 6.71. The number of carboxylic acids is 1. The number of aromatic nitrogens is 1. The minimum atomic E-state index is -0.772. The molecule has 1 heterocycles. The number of hydrogen-bond acceptors (Lipinski definition) is 5. The van der Waals surface area contributed by atoms with Crippen molar-refractivity contribution < 1.29 is 14.6 Å². The topological polar surface area (TPSA) is 71.5 Å². The van der Waals surface area contributed by atoms with Crippen molar-refractivity contribution in [3.63, 3.8) is 0 Å². The first-order chi connectivity index (χ1) is 9.54. The number of fused-ring (bicyclic) bond motifs is 1. The lowest BCUT2D eigenvalue weighted by Crippen LogP contribution is -2.04. The maximum Gasteiger partial charge on any atom is 0.303 e. The first-order valence-electron chi connectivity index (χ1n) is 6.57. The number of anilines is 1. The Bertz CT molecular complexity index is 595. The van der Waals surface area contributed by atoms with Gasteiger partial charge in [0, 0.05) is 13.0 Å². The molecule has 0 unspecified atom stereocenters. The smallest absolute Gasteiger partial charge is 0.303 e. The molecule has 0 amide bonds. The lowest BCUT2D eigenvalue weighted by molar-refractivity contribution is -0.137. The van der Waals surface area contributed by atoms with Crippen molar-refractivity contribution >= 4 is 32.7 Å². The molecule has 0 aliphatic rings. The Kier molecular flexibility index (Phi) is 4.79.